The molecule has 0 fully saturated rings. The molecule has 3 amide bonds. The van der Waals surface area contributed by atoms with E-state index in [1.54, 1.807) is 16.8 Å². The molecule has 36 heavy (non-hydrogen) atoms. The van der Waals surface area contributed by atoms with Crippen molar-refractivity contribution in [1.82, 2.24) is 14.7 Å². The van der Waals surface area contributed by atoms with Crippen molar-refractivity contribution in [2.24, 2.45) is 0 Å². The summed E-state index contributed by atoms with van der Waals surface area (Å²) >= 11 is 6.06. The van der Waals surface area contributed by atoms with Crippen LogP contribution < -0.4 is 10.6 Å². The Bertz CT molecular complexity index is 1370. The second-order valence-electron chi connectivity index (χ2n) is 8.48. The number of rotatable bonds is 7. The molecule has 1 aromatic heterocycles. The number of halogens is 1. The van der Waals surface area contributed by atoms with E-state index in [9.17, 15) is 9.59 Å². The minimum atomic E-state index is -0.337. The molecule has 8 heteroatoms. The molecule has 0 saturated heterocycles. The van der Waals surface area contributed by atoms with Gasteiger partial charge in [-0.3, -0.25) is 4.79 Å². The standard InChI is InChI=1S/C28H28ClN5O2/c1-4-33(28(36)30-24-15-10-19(2)16-20(24)3)18-27(35)31-26-17-25(21-8-6-5-7-9-21)32-34(26)23-13-11-22(29)12-14-23/h5-17H,4,18H2,1-3H3,(H,30,36)(H,31,35). The van der Waals surface area contributed by atoms with Gasteiger partial charge in [0.2, 0.25) is 5.91 Å². The highest BCUT2D eigenvalue weighted by atomic mass is 35.5. The molecular formula is C28H28ClN5O2. The Morgan fingerprint density at radius 3 is 2.33 bits per heavy atom. The maximum absolute atomic E-state index is 13.0. The largest absolute Gasteiger partial charge is 0.322 e. The van der Waals surface area contributed by atoms with E-state index in [2.05, 4.69) is 10.6 Å². The summed E-state index contributed by atoms with van der Waals surface area (Å²) in [6.45, 7) is 6.03. The molecule has 0 bridgehead atoms. The van der Waals surface area contributed by atoms with Gasteiger partial charge in [-0.05, 0) is 56.7 Å². The van der Waals surface area contributed by atoms with Crippen molar-refractivity contribution in [2.75, 3.05) is 23.7 Å². The van der Waals surface area contributed by atoms with Gasteiger partial charge in [0, 0.05) is 28.9 Å². The SMILES string of the molecule is CCN(CC(=O)Nc1cc(-c2ccccc2)nn1-c1ccc(Cl)cc1)C(=O)Nc1ccc(C)cc1C. The van der Waals surface area contributed by atoms with Gasteiger partial charge in [-0.1, -0.05) is 59.6 Å². The van der Waals surface area contributed by atoms with Crippen LogP contribution in [0.3, 0.4) is 0 Å². The van der Waals surface area contributed by atoms with Crippen molar-refractivity contribution < 1.29 is 9.59 Å². The lowest BCUT2D eigenvalue weighted by molar-refractivity contribution is -0.116. The summed E-state index contributed by atoms with van der Waals surface area (Å²) in [5.74, 6) is 0.161. The first-order valence-electron chi connectivity index (χ1n) is 11.7. The molecule has 0 atom stereocenters. The van der Waals surface area contributed by atoms with Gasteiger partial charge in [0.05, 0.1) is 11.4 Å². The van der Waals surface area contributed by atoms with E-state index in [1.165, 1.54) is 4.90 Å². The van der Waals surface area contributed by atoms with E-state index < -0.39 is 0 Å². The number of benzene rings is 3. The van der Waals surface area contributed by atoms with Crippen LogP contribution in [0.1, 0.15) is 18.1 Å². The third-order valence-electron chi connectivity index (χ3n) is 5.74. The lowest BCUT2D eigenvalue weighted by atomic mass is 10.1. The maximum atomic E-state index is 13.0. The third-order valence-corrected chi connectivity index (χ3v) is 6.00. The Hall–Kier alpha value is -4.10. The fourth-order valence-corrected chi connectivity index (χ4v) is 3.96. The highest BCUT2D eigenvalue weighted by molar-refractivity contribution is 6.30. The summed E-state index contributed by atoms with van der Waals surface area (Å²) in [5, 5.41) is 11.1. The molecule has 0 spiro atoms. The summed E-state index contributed by atoms with van der Waals surface area (Å²) in [7, 11) is 0. The summed E-state index contributed by atoms with van der Waals surface area (Å²) in [5.41, 5.74) is 5.17. The number of carbonyl (C=O) groups excluding carboxylic acids is 2. The summed E-state index contributed by atoms with van der Waals surface area (Å²) in [6, 6.07) is 24.2. The van der Waals surface area contributed by atoms with Gasteiger partial charge in [-0.15, -0.1) is 0 Å². The molecule has 0 aliphatic carbocycles. The Labute approximate surface area is 215 Å². The molecule has 0 radical (unpaired) electrons. The van der Waals surface area contributed by atoms with E-state index in [4.69, 9.17) is 16.7 Å². The minimum Gasteiger partial charge on any atom is -0.315 e. The molecule has 0 aliphatic rings. The van der Waals surface area contributed by atoms with E-state index in [0.717, 1.165) is 28.1 Å². The predicted molar refractivity (Wildman–Crippen MR) is 145 cm³/mol. The van der Waals surface area contributed by atoms with Gasteiger partial charge in [-0.2, -0.15) is 5.10 Å². The average Bonchev–Trinajstić information content (AvgIpc) is 3.28. The zero-order valence-corrected chi connectivity index (χ0v) is 21.2. The van der Waals surface area contributed by atoms with Gasteiger partial charge in [0.25, 0.3) is 0 Å². The number of urea groups is 1. The molecule has 1 heterocycles. The zero-order chi connectivity index (χ0) is 25.7. The topological polar surface area (TPSA) is 79.3 Å². The summed E-state index contributed by atoms with van der Waals surface area (Å²) in [6.07, 6.45) is 0. The normalized spacial score (nSPS) is 10.7. The molecule has 0 aliphatic heterocycles. The van der Waals surface area contributed by atoms with Gasteiger partial charge >= 0.3 is 6.03 Å². The summed E-state index contributed by atoms with van der Waals surface area (Å²) < 4.78 is 1.66. The first kappa shape index (κ1) is 25.0. The number of carbonyl (C=O) groups is 2. The first-order chi connectivity index (χ1) is 17.3. The number of anilines is 2. The van der Waals surface area contributed by atoms with E-state index >= 15 is 0 Å². The van der Waals surface area contributed by atoms with Crippen molar-refractivity contribution in [1.29, 1.82) is 0 Å². The van der Waals surface area contributed by atoms with Gasteiger partial charge in [-0.25, -0.2) is 9.48 Å². The quantitative estimate of drug-likeness (QED) is 0.312. The number of likely N-dealkylation sites (N-methyl/N-ethyl adjacent to an activating group) is 1. The number of aryl methyl sites for hydroxylation is 2. The van der Waals surface area contributed by atoms with Crippen molar-refractivity contribution in [3.05, 3.63) is 95.0 Å². The molecule has 2 N–H and O–H groups in total. The molecule has 3 aromatic carbocycles. The molecule has 0 unspecified atom stereocenters. The Balaban J connectivity index is 1.53. The fourth-order valence-electron chi connectivity index (χ4n) is 3.83. The number of nitrogens with one attached hydrogen (secondary N) is 2. The van der Waals surface area contributed by atoms with Crippen molar-refractivity contribution in [3.8, 4) is 16.9 Å². The monoisotopic (exact) mass is 501 g/mol. The van der Waals surface area contributed by atoms with Crippen LogP contribution in [-0.4, -0.2) is 39.7 Å². The second kappa shape index (κ2) is 11.1. The molecule has 184 valence electrons. The highest BCUT2D eigenvalue weighted by Crippen LogP contribution is 2.25. The predicted octanol–water partition coefficient (Wildman–Crippen LogP) is 6.30. The van der Waals surface area contributed by atoms with Crippen LogP contribution in [0.2, 0.25) is 5.02 Å². The van der Waals surface area contributed by atoms with Crippen LogP contribution in [0.25, 0.3) is 16.9 Å². The van der Waals surface area contributed by atoms with Crippen LogP contribution in [0.4, 0.5) is 16.3 Å². The van der Waals surface area contributed by atoms with Gasteiger partial charge in [0.1, 0.15) is 12.4 Å². The fraction of sp³-hybridized carbons (Fsp3) is 0.179. The van der Waals surface area contributed by atoms with E-state index in [-0.39, 0.29) is 18.5 Å². The smallest absolute Gasteiger partial charge is 0.315 e. The lowest BCUT2D eigenvalue weighted by Crippen LogP contribution is -2.40. The molecule has 7 nitrogen and oxygen atoms in total. The zero-order valence-electron chi connectivity index (χ0n) is 20.5. The Kier molecular flexibility index (Phi) is 7.71. The lowest BCUT2D eigenvalue weighted by Gasteiger charge is -2.21. The van der Waals surface area contributed by atoms with Crippen molar-refractivity contribution >= 4 is 35.0 Å². The minimum absolute atomic E-state index is 0.111. The number of nitrogens with zero attached hydrogens (tertiary/aromatic N) is 3. The maximum Gasteiger partial charge on any atom is 0.322 e. The number of amides is 3. The van der Waals surface area contributed by atoms with Crippen molar-refractivity contribution in [3.63, 3.8) is 0 Å². The Morgan fingerprint density at radius 1 is 0.944 bits per heavy atom. The third kappa shape index (κ3) is 5.93. The van der Waals surface area contributed by atoms with Crippen LogP contribution in [0.15, 0.2) is 78.9 Å². The number of hydrogen-bond donors (Lipinski definition) is 2. The second-order valence-corrected chi connectivity index (χ2v) is 8.92. The number of aromatic nitrogens is 2. The average molecular weight is 502 g/mol. The van der Waals surface area contributed by atoms with Crippen LogP contribution in [0, 0.1) is 13.8 Å². The summed E-state index contributed by atoms with van der Waals surface area (Å²) in [4.78, 5) is 27.4. The van der Waals surface area contributed by atoms with E-state index in [1.807, 2.05) is 87.5 Å². The highest BCUT2D eigenvalue weighted by Gasteiger charge is 2.19. The van der Waals surface area contributed by atoms with Gasteiger partial charge in [0.15, 0.2) is 0 Å². The Morgan fingerprint density at radius 2 is 1.67 bits per heavy atom. The van der Waals surface area contributed by atoms with Crippen LogP contribution >= 0.6 is 11.6 Å². The first-order valence-corrected chi connectivity index (χ1v) is 12.1. The molecular weight excluding hydrogens is 474 g/mol. The molecule has 4 rings (SSSR count). The van der Waals surface area contributed by atoms with Crippen LogP contribution in [0.5, 0.6) is 0 Å². The molecule has 4 aromatic rings. The van der Waals surface area contributed by atoms with Crippen LogP contribution in [-0.2, 0) is 4.79 Å². The van der Waals surface area contributed by atoms with Gasteiger partial charge < -0.3 is 15.5 Å². The molecule has 0 saturated carbocycles. The van der Waals surface area contributed by atoms with E-state index in [0.29, 0.717) is 23.1 Å². The van der Waals surface area contributed by atoms with Crippen molar-refractivity contribution in [2.45, 2.75) is 20.8 Å². The number of hydrogen-bond acceptors (Lipinski definition) is 3.